The van der Waals surface area contributed by atoms with Crippen LogP contribution in [0.5, 0.6) is 0 Å². The number of anilines is 3. The van der Waals surface area contributed by atoms with Gasteiger partial charge in [0, 0.05) is 12.2 Å². The zero-order chi connectivity index (χ0) is 15.8. The van der Waals surface area contributed by atoms with Crippen LogP contribution in [0, 0.1) is 5.41 Å². The summed E-state index contributed by atoms with van der Waals surface area (Å²) in [6.45, 7) is 8.04. The van der Waals surface area contributed by atoms with Crippen LogP contribution < -0.4 is 27.1 Å². The SMILES string of the molecule is CC(Nc1c(Nc2ccc[nH]c2=O)c(=O)c1=O)C(C)(C)C. The fourth-order valence-electron chi connectivity index (χ4n) is 1.74. The molecule has 0 amide bonds. The minimum absolute atomic E-state index is 0.00425. The highest BCUT2D eigenvalue weighted by Gasteiger charge is 2.27. The predicted molar refractivity (Wildman–Crippen MR) is 84.2 cm³/mol. The number of hydrogen-bond acceptors (Lipinski definition) is 5. The van der Waals surface area contributed by atoms with Crippen molar-refractivity contribution in [3.05, 3.63) is 49.1 Å². The first-order valence-corrected chi connectivity index (χ1v) is 6.76. The second-order valence-electron chi connectivity index (χ2n) is 6.18. The summed E-state index contributed by atoms with van der Waals surface area (Å²) in [5, 5.41) is 5.80. The normalized spacial score (nSPS) is 13.1. The lowest BCUT2D eigenvalue weighted by atomic mass is 9.87. The molecule has 0 spiro atoms. The maximum atomic E-state index is 11.7. The molecule has 0 aliphatic heterocycles. The van der Waals surface area contributed by atoms with Gasteiger partial charge in [0.1, 0.15) is 17.1 Å². The Balaban J connectivity index is 2.29. The highest BCUT2D eigenvalue weighted by molar-refractivity contribution is 5.78. The third-order valence-corrected chi connectivity index (χ3v) is 3.65. The van der Waals surface area contributed by atoms with Crippen LogP contribution >= 0.6 is 0 Å². The molecule has 0 aliphatic carbocycles. The first-order valence-electron chi connectivity index (χ1n) is 6.76. The van der Waals surface area contributed by atoms with Crippen molar-refractivity contribution in [2.75, 3.05) is 10.6 Å². The molecule has 0 radical (unpaired) electrons. The van der Waals surface area contributed by atoms with E-state index in [9.17, 15) is 14.4 Å². The summed E-state index contributed by atoms with van der Waals surface area (Å²) < 4.78 is 0. The molecule has 0 bridgehead atoms. The van der Waals surface area contributed by atoms with Crippen LogP contribution in [0.25, 0.3) is 0 Å². The highest BCUT2D eigenvalue weighted by atomic mass is 16.2. The van der Waals surface area contributed by atoms with Gasteiger partial charge in [-0.25, -0.2) is 0 Å². The summed E-state index contributed by atoms with van der Waals surface area (Å²) in [7, 11) is 0. The molecule has 6 heteroatoms. The van der Waals surface area contributed by atoms with Crippen molar-refractivity contribution in [2.24, 2.45) is 5.41 Å². The zero-order valence-electron chi connectivity index (χ0n) is 12.5. The van der Waals surface area contributed by atoms with E-state index < -0.39 is 10.9 Å². The molecule has 2 rings (SSSR count). The van der Waals surface area contributed by atoms with E-state index in [1.807, 2.05) is 27.7 Å². The molecule has 3 N–H and O–H groups in total. The topological polar surface area (TPSA) is 91.1 Å². The molecule has 1 aromatic carbocycles. The minimum Gasteiger partial charge on any atom is -0.377 e. The van der Waals surface area contributed by atoms with E-state index in [1.165, 1.54) is 6.20 Å². The molecule has 0 saturated carbocycles. The van der Waals surface area contributed by atoms with Crippen LogP contribution in [-0.4, -0.2) is 11.0 Å². The second-order valence-corrected chi connectivity index (χ2v) is 6.18. The number of aromatic amines is 1. The van der Waals surface area contributed by atoms with E-state index >= 15 is 0 Å². The molecule has 1 heterocycles. The molecule has 112 valence electrons. The van der Waals surface area contributed by atoms with E-state index in [0.29, 0.717) is 0 Å². The lowest BCUT2D eigenvalue weighted by Crippen LogP contribution is -2.41. The van der Waals surface area contributed by atoms with Crippen molar-refractivity contribution in [1.29, 1.82) is 0 Å². The Bertz CT molecular complexity index is 776. The van der Waals surface area contributed by atoms with Gasteiger partial charge in [0.15, 0.2) is 0 Å². The van der Waals surface area contributed by atoms with Crippen LogP contribution in [0.4, 0.5) is 17.1 Å². The maximum Gasteiger partial charge on any atom is 0.271 e. The molecule has 1 unspecified atom stereocenters. The average molecular weight is 289 g/mol. The van der Waals surface area contributed by atoms with E-state index in [-0.39, 0.29) is 34.1 Å². The third-order valence-electron chi connectivity index (χ3n) is 3.65. The fourth-order valence-corrected chi connectivity index (χ4v) is 1.74. The molecule has 0 saturated heterocycles. The molecule has 1 atom stereocenters. The average Bonchev–Trinajstić information content (AvgIpc) is 2.42. The first-order chi connectivity index (χ1) is 9.71. The molecule has 1 aromatic heterocycles. The number of H-pyrrole nitrogens is 1. The Kier molecular flexibility index (Phi) is 3.72. The summed E-state index contributed by atoms with van der Waals surface area (Å²) in [4.78, 5) is 37.5. The number of rotatable bonds is 4. The van der Waals surface area contributed by atoms with Crippen LogP contribution in [0.3, 0.4) is 0 Å². The molecule has 6 nitrogen and oxygen atoms in total. The second kappa shape index (κ2) is 5.20. The number of aromatic nitrogens is 1. The van der Waals surface area contributed by atoms with E-state index in [1.54, 1.807) is 12.1 Å². The van der Waals surface area contributed by atoms with Crippen molar-refractivity contribution in [3.8, 4) is 0 Å². The van der Waals surface area contributed by atoms with Gasteiger partial charge in [-0.05, 0) is 24.5 Å². The fraction of sp³-hybridized carbons (Fsp3) is 0.400. The first kappa shape index (κ1) is 15.0. The molecule has 2 aromatic rings. The monoisotopic (exact) mass is 289 g/mol. The van der Waals surface area contributed by atoms with Crippen LogP contribution in [0.2, 0.25) is 0 Å². The van der Waals surface area contributed by atoms with E-state index in [4.69, 9.17) is 0 Å². The quantitative estimate of drug-likeness (QED) is 0.743. The largest absolute Gasteiger partial charge is 0.377 e. The van der Waals surface area contributed by atoms with Crippen LogP contribution in [0.1, 0.15) is 27.7 Å². The predicted octanol–water partition coefficient (Wildman–Crippen LogP) is 1.56. The van der Waals surface area contributed by atoms with Crippen molar-refractivity contribution in [3.63, 3.8) is 0 Å². The van der Waals surface area contributed by atoms with Crippen LogP contribution in [-0.2, 0) is 0 Å². The zero-order valence-corrected chi connectivity index (χ0v) is 12.5. The van der Waals surface area contributed by atoms with Crippen molar-refractivity contribution in [2.45, 2.75) is 33.7 Å². The Labute approximate surface area is 121 Å². The maximum absolute atomic E-state index is 11.7. The van der Waals surface area contributed by atoms with Gasteiger partial charge in [-0.1, -0.05) is 20.8 Å². The Morgan fingerprint density at radius 3 is 2.29 bits per heavy atom. The van der Waals surface area contributed by atoms with Gasteiger partial charge in [-0.3, -0.25) is 14.4 Å². The molecule has 21 heavy (non-hydrogen) atoms. The van der Waals surface area contributed by atoms with Crippen molar-refractivity contribution < 1.29 is 0 Å². The summed E-state index contributed by atoms with van der Waals surface area (Å²) in [5.74, 6) is 0. The smallest absolute Gasteiger partial charge is 0.271 e. The summed E-state index contributed by atoms with van der Waals surface area (Å²) in [6, 6.07) is 3.18. The number of nitrogens with one attached hydrogen (secondary N) is 3. The summed E-state index contributed by atoms with van der Waals surface area (Å²) in [6.07, 6.45) is 1.50. The van der Waals surface area contributed by atoms with Crippen molar-refractivity contribution >= 4 is 17.1 Å². The van der Waals surface area contributed by atoms with Gasteiger partial charge in [0.2, 0.25) is 0 Å². The van der Waals surface area contributed by atoms with Gasteiger partial charge in [0.05, 0.1) is 0 Å². The Morgan fingerprint density at radius 1 is 1.10 bits per heavy atom. The Morgan fingerprint density at radius 2 is 1.71 bits per heavy atom. The number of pyridine rings is 1. The molecule has 0 fully saturated rings. The number of hydrogen-bond donors (Lipinski definition) is 3. The summed E-state index contributed by atoms with van der Waals surface area (Å²) >= 11 is 0. The molecular formula is C15H19N3O3. The van der Waals surface area contributed by atoms with Gasteiger partial charge >= 0.3 is 0 Å². The third kappa shape index (κ3) is 2.89. The Hall–Kier alpha value is -2.37. The van der Waals surface area contributed by atoms with Crippen LogP contribution in [0.15, 0.2) is 32.7 Å². The van der Waals surface area contributed by atoms with Gasteiger partial charge in [-0.15, -0.1) is 0 Å². The van der Waals surface area contributed by atoms with E-state index in [2.05, 4.69) is 15.6 Å². The van der Waals surface area contributed by atoms with Gasteiger partial charge in [0.25, 0.3) is 16.4 Å². The highest BCUT2D eigenvalue weighted by Crippen LogP contribution is 2.25. The van der Waals surface area contributed by atoms with E-state index in [0.717, 1.165) is 0 Å². The molecule has 0 aliphatic rings. The van der Waals surface area contributed by atoms with Gasteiger partial charge in [-0.2, -0.15) is 0 Å². The summed E-state index contributed by atoms with van der Waals surface area (Å²) in [5.41, 5.74) is -0.959. The minimum atomic E-state index is -0.609. The van der Waals surface area contributed by atoms with Gasteiger partial charge < -0.3 is 15.6 Å². The van der Waals surface area contributed by atoms with Crippen molar-refractivity contribution in [1.82, 2.24) is 4.98 Å². The lowest BCUT2D eigenvalue weighted by molar-refractivity contribution is 0.359. The molecular weight excluding hydrogens is 270 g/mol. The lowest BCUT2D eigenvalue weighted by Gasteiger charge is -2.30. The standard InChI is InChI=1S/C15H19N3O3/c1-8(15(2,3)4)17-10-11(13(20)12(10)19)18-9-6-5-7-16-14(9)21/h5-8,17-18H,1-4H3,(H,16,21).